The zero-order valence-corrected chi connectivity index (χ0v) is 17.2. The Hall–Kier alpha value is -2.09. The number of aryl methyl sites for hydroxylation is 2. The summed E-state index contributed by atoms with van der Waals surface area (Å²) in [5.74, 6) is -0.223. The average molecular weight is 422 g/mol. The van der Waals surface area contributed by atoms with Crippen molar-refractivity contribution >= 4 is 46.6 Å². The third kappa shape index (κ3) is 4.61. The van der Waals surface area contributed by atoms with Gasteiger partial charge in [0.2, 0.25) is 11.1 Å². The van der Waals surface area contributed by atoms with E-state index in [0.717, 1.165) is 16.8 Å². The molecule has 0 aliphatic carbocycles. The van der Waals surface area contributed by atoms with Crippen LogP contribution in [-0.4, -0.2) is 31.4 Å². The van der Waals surface area contributed by atoms with Crippen molar-refractivity contribution in [2.45, 2.75) is 31.2 Å². The predicted octanol–water partition coefficient (Wildman–Crippen LogP) is 4.71. The number of aromatic nitrogens is 4. The Kier molecular flexibility index (Phi) is 6.04. The molecule has 140 valence electrons. The van der Waals surface area contributed by atoms with Crippen LogP contribution in [0.25, 0.3) is 5.69 Å². The third-order valence-corrected chi connectivity index (χ3v) is 5.46. The summed E-state index contributed by atoms with van der Waals surface area (Å²) in [4.78, 5) is 12.6. The highest BCUT2D eigenvalue weighted by Gasteiger charge is 2.20. The van der Waals surface area contributed by atoms with Crippen molar-refractivity contribution in [2.75, 3.05) is 5.32 Å². The van der Waals surface area contributed by atoms with E-state index in [-0.39, 0.29) is 5.91 Å². The molecule has 3 rings (SSSR count). The van der Waals surface area contributed by atoms with Gasteiger partial charge in [0.1, 0.15) is 0 Å². The first kappa shape index (κ1) is 19.7. The quantitative estimate of drug-likeness (QED) is 0.604. The van der Waals surface area contributed by atoms with Crippen LogP contribution in [0.2, 0.25) is 10.0 Å². The Morgan fingerprint density at radius 3 is 2.70 bits per heavy atom. The molecular weight excluding hydrogens is 405 g/mol. The second kappa shape index (κ2) is 8.29. The first-order valence-corrected chi connectivity index (χ1v) is 9.77. The highest BCUT2D eigenvalue weighted by Crippen LogP contribution is 2.28. The number of nitrogens with zero attached hydrogens (tertiary/aromatic N) is 4. The van der Waals surface area contributed by atoms with Crippen molar-refractivity contribution in [1.29, 1.82) is 0 Å². The lowest BCUT2D eigenvalue weighted by Gasteiger charge is -2.13. The molecule has 1 aromatic heterocycles. The summed E-state index contributed by atoms with van der Waals surface area (Å²) in [6, 6.07) is 10.9. The van der Waals surface area contributed by atoms with Gasteiger partial charge < -0.3 is 5.32 Å². The van der Waals surface area contributed by atoms with Crippen LogP contribution in [0.3, 0.4) is 0 Å². The number of rotatable bonds is 5. The van der Waals surface area contributed by atoms with Crippen molar-refractivity contribution in [3.8, 4) is 5.69 Å². The Labute approximate surface area is 171 Å². The molecule has 0 radical (unpaired) electrons. The smallest absolute Gasteiger partial charge is 0.237 e. The van der Waals surface area contributed by atoms with Gasteiger partial charge in [0.15, 0.2) is 0 Å². The zero-order valence-electron chi connectivity index (χ0n) is 14.9. The van der Waals surface area contributed by atoms with Gasteiger partial charge in [-0.3, -0.25) is 4.79 Å². The highest BCUT2D eigenvalue weighted by atomic mass is 35.5. The minimum absolute atomic E-state index is 0.223. The van der Waals surface area contributed by atoms with Gasteiger partial charge in [-0.25, -0.2) is 0 Å². The largest absolute Gasteiger partial charge is 0.324 e. The lowest BCUT2D eigenvalue weighted by atomic mass is 10.1. The summed E-state index contributed by atoms with van der Waals surface area (Å²) in [7, 11) is 0. The molecule has 1 amide bonds. The second-order valence-electron chi connectivity index (χ2n) is 6.04. The second-order valence-corrected chi connectivity index (χ2v) is 8.19. The number of amides is 1. The van der Waals surface area contributed by atoms with E-state index >= 15 is 0 Å². The maximum atomic E-state index is 12.6. The van der Waals surface area contributed by atoms with Gasteiger partial charge in [-0.05, 0) is 61.0 Å². The number of hydrogen-bond acceptors (Lipinski definition) is 5. The standard InChI is InChI=1S/C18H17Cl2N5OS/c1-10-4-7-16(11(2)8-10)25-18(22-23-24-25)27-12(3)17(26)21-15-9-13(19)5-6-14(15)20/h4-9,12H,1-3H3,(H,21,26). The summed E-state index contributed by atoms with van der Waals surface area (Å²) in [6.07, 6.45) is 0. The van der Waals surface area contributed by atoms with E-state index in [1.54, 1.807) is 29.8 Å². The van der Waals surface area contributed by atoms with E-state index in [4.69, 9.17) is 23.2 Å². The van der Waals surface area contributed by atoms with Crippen molar-refractivity contribution in [1.82, 2.24) is 20.2 Å². The third-order valence-electron chi connectivity index (χ3n) is 3.86. The van der Waals surface area contributed by atoms with Crippen molar-refractivity contribution in [3.05, 3.63) is 57.6 Å². The van der Waals surface area contributed by atoms with Gasteiger partial charge >= 0.3 is 0 Å². The number of thioether (sulfide) groups is 1. The topological polar surface area (TPSA) is 72.7 Å². The fourth-order valence-electron chi connectivity index (χ4n) is 2.49. The van der Waals surface area contributed by atoms with Crippen LogP contribution >= 0.6 is 35.0 Å². The molecule has 0 bridgehead atoms. The van der Waals surface area contributed by atoms with Crippen LogP contribution in [0.5, 0.6) is 0 Å². The molecule has 3 aromatic rings. The Balaban J connectivity index is 1.77. The highest BCUT2D eigenvalue weighted by molar-refractivity contribution is 8.00. The molecule has 0 saturated heterocycles. The molecule has 0 aliphatic heterocycles. The molecule has 1 heterocycles. The Morgan fingerprint density at radius 2 is 1.96 bits per heavy atom. The number of nitrogens with one attached hydrogen (secondary N) is 1. The van der Waals surface area contributed by atoms with E-state index in [1.165, 1.54) is 11.8 Å². The molecule has 1 atom stereocenters. The summed E-state index contributed by atoms with van der Waals surface area (Å²) in [6.45, 7) is 5.80. The SMILES string of the molecule is Cc1ccc(-n2nnnc2SC(C)C(=O)Nc2cc(Cl)ccc2Cl)c(C)c1. The lowest BCUT2D eigenvalue weighted by molar-refractivity contribution is -0.115. The molecule has 0 aliphatic rings. The number of hydrogen-bond donors (Lipinski definition) is 1. The Bertz CT molecular complexity index is 992. The van der Waals surface area contributed by atoms with Gasteiger partial charge in [0, 0.05) is 5.02 Å². The van der Waals surface area contributed by atoms with E-state index < -0.39 is 5.25 Å². The van der Waals surface area contributed by atoms with Crippen molar-refractivity contribution in [3.63, 3.8) is 0 Å². The molecule has 2 aromatic carbocycles. The minimum atomic E-state index is -0.449. The molecule has 0 spiro atoms. The van der Waals surface area contributed by atoms with Crippen molar-refractivity contribution < 1.29 is 4.79 Å². The average Bonchev–Trinajstić information content (AvgIpc) is 3.06. The van der Waals surface area contributed by atoms with E-state index in [0.29, 0.717) is 20.9 Å². The van der Waals surface area contributed by atoms with Crippen LogP contribution in [0.4, 0.5) is 5.69 Å². The predicted molar refractivity (Wildman–Crippen MR) is 109 cm³/mol. The summed E-state index contributed by atoms with van der Waals surface area (Å²) >= 11 is 13.3. The van der Waals surface area contributed by atoms with Gasteiger partial charge in [0.05, 0.1) is 21.6 Å². The molecule has 0 saturated carbocycles. The van der Waals surface area contributed by atoms with Gasteiger partial charge in [-0.15, -0.1) is 5.10 Å². The normalized spacial score (nSPS) is 12.0. The van der Waals surface area contributed by atoms with Crippen molar-refractivity contribution in [2.24, 2.45) is 0 Å². The summed E-state index contributed by atoms with van der Waals surface area (Å²) < 4.78 is 1.63. The van der Waals surface area contributed by atoms with Crippen LogP contribution in [0.1, 0.15) is 18.1 Å². The molecule has 27 heavy (non-hydrogen) atoms. The monoisotopic (exact) mass is 421 g/mol. The van der Waals surface area contributed by atoms with Crippen LogP contribution in [-0.2, 0) is 4.79 Å². The molecule has 1 unspecified atom stereocenters. The molecule has 6 nitrogen and oxygen atoms in total. The number of benzene rings is 2. The lowest BCUT2D eigenvalue weighted by Crippen LogP contribution is -2.23. The number of halogens is 2. The molecule has 9 heteroatoms. The maximum absolute atomic E-state index is 12.6. The van der Waals surface area contributed by atoms with Crippen LogP contribution < -0.4 is 5.32 Å². The van der Waals surface area contributed by atoms with Gasteiger partial charge in [-0.2, -0.15) is 4.68 Å². The van der Waals surface area contributed by atoms with E-state index in [1.807, 2.05) is 26.0 Å². The van der Waals surface area contributed by atoms with Gasteiger partial charge in [-0.1, -0.05) is 52.7 Å². The first-order chi connectivity index (χ1) is 12.8. The van der Waals surface area contributed by atoms with E-state index in [9.17, 15) is 4.79 Å². The van der Waals surface area contributed by atoms with Gasteiger partial charge in [0.25, 0.3) is 0 Å². The number of carbonyl (C=O) groups is 1. The first-order valence-electron chi connectivity index (χ1n) is 8.13. The number of anilines is 1. The van der Waals surface area contributed by atoms with Crippen LogP contribution in [0.15, 0.2) is 41.6 Å². The molecule has 0 fully saturated rings. The van der Waals surface area contributed by atoms with Crippen LogP contribution in [0, 0.1) is 13.8 Å². The molecule has 1 N–H and O–H groups in total. The Morgan fingerprint density at radius 1 is 1.19 bits per heavy atom. The summed E-state index contributed by atoms with van der Waals surface area (Å²) in [5.41, 5.74) is 3.55. The fraction of sp³-hybridized carbons (Fsp3) is 0.222. The fourth-order valence-corrected chi connectivity index (χ4v) is 3.62. The molecular formula is C18H17Cl2N5OS. The van der Waals surface area contributed by atoms with E-state index in [2.05, 4.69) is 26.9 Å². The number of tetrazole rings is 1. The zero-order chi connectivity index (χ0) is 19.6. The summed E-state index contributed by atoms with van der Waals surface area (Å²) in [5, 5.41) is 15.7. The maximum Gasteiger partial charge on any atom is 0.237 e. The minimum Gasteiger partial charge on any atom is -0.324 e. The number of carbonyl (C=O) groups excluding carboxylic acids is 1.